The second kappa shape index (κ2) is 10.5. The highest BCUT2D eigenvalue weighted by molar-refractivity contribution is 5.99. The second-order valence-corrected chi connectivity index (χ2v) is 5.71. The van der Waals surface area contributed by atoms with Gasteiger partial charge in [0.1, 0.15) is 5.75 Å². The molecule has 0 aliphatic rings. The van der Waals surface area contributed by atoms with E-state index in [2.05, 4.69) is 5.32 Å². The summed E-state index contributed by atoms with van der Waals surface area (Å²) in [5.74, 6) is -1.32. The molecule has 1 amide bonds. The van der Waals surface area contributed by atoms with Gasteiger partial charge in [-0.15, -0.1) is 0 Å². The third-order valence-corrected chi connectivity index (χ3v) is 3.59. The summed E-state index contributed by atoms with van der Waals surface area (Å²) in [6, 6.07) is 12.4. The Kier molecular flexibility index (Phi) is 7.74. The number of carbonyl (C=O) groups is 3. The summed E-state index contributed by atoms with van der Waals surface area (Å²) in [4.78, 5) is 36.3. The summed E-state index contributed by atoms with van der Waals surface area (Å²) >= 11 is 0. The highest BCUT2D eigenvalue weighted by Crippen LogP contribution is 2.18. The molecule has 0 spiro atoms. The van der Waals surface area contributed by atoms with Gasteiger partial charge in [0, 0.05) is 5.69 Å². The van der Waals surface area contributed by atoms with E-state index < -0.39 is 17.8 Å². The van der Waals surface area contributed by atoms with Gasteiger partial charge in [-0.05, 0) is 56.3 Å². The molecule has 0 aromatic heterocycles. The third-order valence-electron chi connectivity index (χ3n) is 3.59. The number of ether oxygens (including phenoxy) is 3. The monoisotopic (exact) mass is 396 g/mol. The molecule has 0 saturated heterocycles. The molecule has 2 aromatic rings. The van der Waals surface area contributed by atoms with Gasteiger partial charge < -0.3 is 19.5 Å². The molecular weight excluding hydrogens is 376 g/mol. The molecule has 0 bridgehead atoms. The SMILES string of the molecule is CCOC(=O)c1cc(NC(=O)COc2ccc(C#N)cc2)cc(C(=O)OCC)c1. The van der Waals surface area contributed by atoms with Gasteiger partial charge in [-0.25, -0.2) is 9.59 Å². The first-order chi connectivity index (χ1) is 14.0. The molecule has 0 saturated carbocycles. The van der Waals surface area contributed by atoms with Gasteiger partial charge in [0.2, 0.25) is 0 Å². The zero-order chi connectivity index (χ0) is 21.2. The van der Waals surface area contributed by atoms with E-state index in [1.807, 2.05) is 6.07 Å². The smallest absolute Gasteiger partial charge is 0.338 e. The topological polar surface area (TPSA) is 115 Å². The second-order valence-electron chi connectivity index (χ2n) is 5.71. The molecule has 0 radical (unpaired) electrons. The van der Waals surface area contributed by atoms with Crippen LogP contribution in [0.4, 0.5) is 5.69 Å². The number of esters is 2. The number of benzene rings is 2. The van der Waals surface area contributed by atoms with Crippen LogP contribution in [0.5, 0.6) is 5.75 Å². The molecule has 150 valence electrons. The molecule has 2 rings (SSSR count). The van der Waals surface area contributed by atoms with Crippen LogP contribution in [0, 0.1) is 11.3 Å². The van der Waals surface area contributed by atoms with Crippen LogP contribution in [0.3, 0.4) is 0 Å². The molecule has 2 aromatic carbocycles. The Morgan fingerprint density at radius 3 is 1.97 bits per heavy atom. The molecule has 0 aliphatic carbocycles. The van der Waals surface area contributed by atoms with E-state index in [-0.39, 0.29) is 36.6 Å². The Morgan fingerprint density at radius 2 is 1.48 bits per heavy atom. The van der Waals surface area contributed by atoms with Gasteiger partial charge in [-0.3, -0.25) is 4.79 Å². The minimum absolute atomic E-state index is 0.112. The average Bonchev–Trinajstić information content (AvgIpc) is 2.72. The van der Waals surface area contributed by atoms with E-state index in [9.17, 15) is 14.4 Å². The quantitative estimate of drug-likeness (QED) is 0.682. The third kappa shape index (κ3) is 6.36. The van der Waals surface area contributed by atoms with Crippen molar-refractivity contribution >= 4 is 23.5 Å². The van der Waals surface area contributed by atoms with Gasteiger partial charge in [-0.1, -0.05) is 0 Å². The van der Waals surface area contributed by atoms with E-state index in [4.69, 9.17) is 19.5 Å². The molecule has 8 heteroatoms. The molecule has 0 unspecified atom stereocenters. The lowest BCUT2D eigenvalue weighted by Crippen LogP contribution is -2.21. The first kappa shape index (κ1) is 21.4. The number of amides is 1. The Balaban J connectivity index is 2.12. The van der Waals surface area contributed by atoms with Crippen LogP contribution in [0.1, 0.15) is 40.1 Å². The molecule has 0 fully saturated rings. The van der Waals surface area contributed by atoms with Gasteiger partial charge in [0.05, 0.1) is 36.0 Å². The van der Waals surface area contributed by atoms with Gasteiger partial charge in [0.25, 0.3) is 5.91 Å². The fourth-order valence-electron chi connectivity index (χ4n) is 2.34. The highest BCUT2D eigenvalue weighted by Gasteiger charge is 2.16. The summed E-state index contributed by atoms with van der Waals surface area (Å²) in [6.45, 7) is 3.36. The van der Waals surface area contributed by atoms with E-state index in [1.54, 1.807) is 38.1 Å². The predicted molar refractivity (Wildman–Crippen MR) is 104 cm³/mol. The van der Waals surface area contributed by atoms with Crippen molar-refractivity contribution in [1.29, 1.82) is 5.26 Å². The van der Waals surface area contributed by atoms with E-state index in [0.717, 1.165) is 0 Å². The van der Waals surface area contributed by atoms with Crippen molar-refractivity contribution in [3.05, 3.63) is 59.2 Å². The number of nitrogens with zero attached hydrogens (tertiary/aromatic N) is 1. The maximum Gasteiger partial charge on any atom is 0.338 e. The fraction of sp³-hybridized carbons (Fsp3) is 0.238. The van der Waals surface area contributed by atoms with Crippen molar-refractivity contribution in [2.24, 2.45) is 0 Å². The van der Waals surface area contributed by atoms with Crippen LogP contribution in [0.25, 0.3) is 0 Å². The number of hydrogen-bond donors (Lipinski definition) is 1. The minimum atomic E-state index is -0.622. The maximum absolute atomic E-state index is 12.2. The lowest BCUT2D eigenvalue weighted by Gasteiger charge is -2.11. The summed E-state index contributed by atoms with van der Waals surface area (Å²) in [5, 5.41) is 11.4. The van der Waals surface area contributed by atoms with Crippen LogP contribution >= 0.6 is 0 Å². The van der Waals surface area contributed by atoms with E-state index in [0.29, 0.717) is 11.3 Å². The van der Waals surface area contributed by atoms with Crippen molar-refractivity contribution in [3.8, 4) is 11.8 Å². The number of anilines is 1. The zero-order valence-electron chi connectivity index (χ0n) is 16.1. The first-order valence-corrected chi connectivity index (χ1v) is 8.89. The number of carbonyl (C=O) groups excluding carboxylic acids is 3. The molecule has 8 nitrogen and oxygen atoms in total. The maximum atomic E-state index is 12.2. The van der Waals surface area contributed by atoms with Crippen LogP contribution in [-0.2, 0) is 14.3 Å². The number of hydrogen-bond acceptors (Lipinski definition) is 7. The molecule has 29 heavy (non-hydrogen) atoms. The highest BCUT2D eigenvalue weighted by atomic mass is 16.5. The van der Waals surface area contributed by atoms with Gasteiger partial charge in [0.15, 0.2) is 6.61 Å². The molecule has 1 N–H and O–H groups in total. The Morgan fingerprint density at radius 1 is 0.931 bits per heavy atom. The number of nitriles is 1. The fourth-order valence-corrected chi connectivity index (χ4v) is 2.34. The van der Waals surface area contributed by atoms with Crippen LogP contribution < -0.4 is 10.1 Å². The van der Waals surface area contributed by atoms with Crippen molar-refractivity contribution in [2.75, 3.05) is 25.1 Å². The summed E-state index contributed by atoms with van der Waals surface area (Å²) in [5.41, 5.74) is 0.928. The van der Waals surface area contributed by atoms with Crippen LogP contribution in [0.2, 0.25) is 0 Å². The standard InChI is InChI=1S/C21H20N2O6/c1-3-27-20(25)15-9-16(21(26)28-4-2)11-17(10-15)23-19(24)13-29-18-7-5-14(12-22)6-8-18/h5-11H,3-4,13H2,1-2H3,(H,23,24). The van der Waals surface area contributed by atoms with Crippen molar-refractivity contribution in [2.45, 2.75) is 13.8 Å². The van der Waals surface area contributed by atoms with E-state index >= 15 is 0 Å². The summed E-state index contributed by atoms with van der Waals surface area (Å²) < 4.78 is 15.3. The van der Waals surface area contributed by atoms with Gasteiger partial charge in [-0.2, -0.15) is 5.26 Å². The Labute approximate surface area is 168 Å². The van der Waals surface area contributed by atoms with Crippen LogP contribution in [0.15, 0.2) is 42.5 Å². The van der Waals surface area contributed by atoms with Crippen molar-refractivity contribution in [3.63, 3.8) is 0 Å². The van der Waals surface area contributed by atoms with Crippen LogP contribution in [-0.4, -0.2) is 37.7 Å². The predicted octanol–water partition coefficient (Wildman–Crippen LogP) is 2.93. The molecular formula is C21H20N2O6. The number of rotatable bonds is 8. The minimum Gasteiger partial charge on any atom is -0.484 e. The molecule has 0 aliphatic heterocycles. The zero-order valence-corrected chi connectivity index (χ0v) is 16.1. The first-order valence-electron chi connectivity index (χ1n) is 8.89. The largest absolute Gasteiger partial charge is 0.484 e. The summed E-state index contributed by atoms with van der Waals surface area (Å²) in [7, 11) is 0. The van der Waals surface area contributed by atoms with Crippen molar-refractivity contribution < 1.29 is 28.6 Å². The number of nitrogens with one attached hydrogen (secondary N) is 1. The lowest BCUT2D eigenvalue weighted by molar-refractivity contribution is -0.118. The normalized spacial score (nSPS) is 9.83. The lowest BCUT2D eigenvalue weighted by atomic mass is 10.1. The van der Waals surface area contributed by atoms with E-state index in [1.165, 1.54) is 18.2 Å². The Hall–Kier alpha value is -3.86. The van der Waals surface area contributed by atoms with Crippen molar-refractivity contribution in [1.82, 2.24) is 0 Å². The van der Waals surface area contributed by atoms with Gasteiger partial charge >= 0.3 is 11.9 Å². The average molecular weight is 396 g/mol. The molecule has 0 atom stereocenters. The summed E-state index contributed by atoms with van der Waals surface area (Å²) in [6.07, 6.45) is 0. The molecule has 0 heterocycles. The Bertz CT molecular complexity index is 895.